The number of hydrogen-bond acceptors (Lipinski definition) is 4. The molecule has 6 heteroatoms. The molecule has 1 aromatic heterocycles. The summed E-state index contributed by atoms with van der Waals surface area (Å²) in [5.41, 5.74) is 2.48. The molecule has 0 saturated carbocycles. The van der Waals surface area contributed by atoms with Gasteiger partial charge in [0.1, 0.15) is 0 Å². The van der Waals surface area contributed by atoms with Crippen LogP contribution in [0.5, 0.6) is 0 Å². The van der Waals surface area contributed by atoms with E-state index in [1.807, 2.05) is 37.3 Å². The first-order chi connectivity index (χ1) is 11.6. The molecule has 3 rings (SSSR count). The van der Waals surface area contributed by atoms with Crippen LogP contribution in [0.25, 0.3) is 0 Å². The second-order valence-electron chi connectivity index (χ2n) is 6.01. The van der Waals surface area contributed by atoms with Crippen LogP contribution in [0.4, 0.5) is 5.95 Å². The smallest absolute Gasteiger partial charge is 0.252 e. The Morgan fingerprint density at radius 3 is 2.71 bits per heavy atom. The third kappa shape index (κ3) is 4.23. The lowest BCUT2D eigenvalue weighted by atomic mass is 10.1. The molecule has 5 nitrogen and oxygen atoms in total. The molecular weight excluding hydrogens is 415 g/mol. The zero-order valence-electron chi connectivity index (χ0n) is 13.8. The maximum absolute atomic E-state index is 12.3. The van der Waals surface area contributed by atoms with Gasteiger partial charge in [0.05, 0.1) is 17.8 Å². The summed E-state index contributed by atoms with van der Waals surface area (Å²) in [5.74, 6) is 0.712. The summed E-state index contributed by atoms with van der Waals surface area (Å²) in [4.78, 5) is 23.8. The van der Waals surface area contributed by atoms with Gasteiger partial charge in [0.15, 0.2) is 0 Å². The van der Waals surface area contributed by atoms with Crippen LogP contribution in [-0.4, -0.2) is 29.0 Å². The lowest BCUT2D eigenvalue weighted by molar-refractivity contribution is 0.0949. The van der Waals surface area contributed by atoms with Crippen LogP contribution in [0.15, 0.2) is 30.3 Å². The SMILES string of the molecule is Cc1cc(CNC(=O)c2ccccc2I)nc(N2CCCCC2)n1. The molecular formula is C18H21IN4O. The van der Waals surface area contributed by atoms with Gasteiger partial charge in [-0.2, -0.15) is 0 Å². The van der Waals surface area contributed by atoms with Gasteiger partial charge in [-0.15, -0.1) is 0 Å². The summed E-state index contributed by atoms with van der Waals surface area (Å²) in [5, 5.41) is 2.96. The van der Waals surface area contributed by atoms with Gasteiger partial charge in [-0.05, 0) is 67.0 Å². The highest BCUT2D eigenvalue weighted by Crippen LogP contribution is 2.17. The number of aryl methyl sites for hydroxylation is 1. The molecule has 0 radical (unpaired) electrons. The third-order valence-corrected chi connectivity index (χ3v) is 5.02. The fourth-order valence-electron chi connectivity index (χ4n) is 2.85. The molecule has 2 aromatic rings. The van der Waals surface area contributed by atoms with E-state index in [-0.39, 0.29) is 5.91 Å². The van der Waals surface area contributed by atoms with Crippen LogP contribution in [0, 0.1) is 10.5 Å². The summed E-state index contributed by atoms with van der Waals surface area (Å²) in [6.07, 6.45) is 3.66. The van der Waals surface area contributed by atoms with Crippen LogP contribution in [0.3, 0.4) is 0 Å². The largest absolute Gasteiger partial charge is 0.346 e. The van der Waals surface area contributed by atoms with Gasteiger partial charge in [-0.25, -0.2) is 9.97 Å². The van der Waals surface area contributed by atoms with Crippen LogP contribution in [0.2, 0.25) is 0 Å². The second-order valence-corrected chi connectivity index (χ2v) is 7.17. The van der Waals surface area contributed by atoms with Gasteiger partial charge in [0, 0.05) is 22.4 Å². The lowest BCUT2D eigenvalue weighted by Crippen LogP contribution is -2.32. The molecule has 0 spiro atoms. The number of carbonyl (C=O) groups is 1. The van der Waals surface area contributed by atoms with Crippen molar-refractivity contribution in [1.29, 1.82) is 0 Å². The van der Waals surface area contributed by atoms with Crippen molar-refractivity contribution in [3.8, 4) is 0 Å². The van der Waals surface area contributed by atoms with Crippen molar-refractivity contribution in [1.82, 2.24) is 15.3 Å². The molecule has 0 unspecified atom stereocenters. The van der Waals surface area contributed by atoms with E-state index in [0.29, 0.717) is 12.1 Å². The van der Waals surface area contributed by atoms with E-state index < -0.39 is 0 Å². The van der Waals surface area contributed by atoms with Crippen LogP contribution in [-0.2, 0) is 6.54 Å². The number of amides is 1. The normalized spacial score (nSPS) is 14.5. The molecule has 1 aliphatic heterocycles. The van der Waals surface area contributed by atoms with Crippen molar-refractivity contribution in [2.45, 2.75) is 32.7 Å². The number of piperidine rings is 1. The van der Waals surface area contributed by atoms with E-state index in [9.17, 15) is 4.79 Å². The Kier molecular flexibility index (Phi) is 5.65. The molecule has 126 valence electrons. The lowest BCUT2D eigenvalue weighted by Gasteiger charge is -2.27. The maximum Gasteiger partial charge on any atom is 0.252 e. The molecule has 0 bridgehead atoms. The van der Waals surface area contributed by atoms with E-state index in [4.69, 9.17) is 0 Å². The molecule has 1 fully saturated rings. The van der Waals surface area contributed by atoms with Gasteiger partial charge in [0.25, 0.3) is 5.91 Å². The molecule has 0 aliphatic carbocycles. The average molecular weight is 436 g/mol. The van der Waals surface area contributed by atoms with Crippen molar-refractivity contribution in [3.63, 3.8) is 0 Å². The minimum absolute atomic E-state index is 0.0733. The van der Waals surface area contributed by atoms with Gasteiger partial charge in [0.2, 0.25) is 5.95 Å². The third-order valence-electron chi connectivity index (χ3n) is 4.08. The van der Waals surface area contributed by atoms with Gasteiger partial charge in [-0.1, -0.05) is 12.1 Å². The van der Waals surface area contributed by atoms with Gasteiger partial charge >= 0.3 is 0 Å². The summed E-state index contributed by atoms with van der Waals surface area (Å²) in [6, 6.07) is 9.50. The topological polar surface area (TPSA) is 58.1 Å². The summed E-state index contributed by atoms with van der Waals surface area (Å²) in [7, 11) is 0. The Morgan fingerprint density at radius 2 is 1.96 bits per heavy atom. The molecule has 1 saturated heterocycles. The number of rotatable bonds is 4. The van der Waals surface area contributed by atoms with E-state index in [1.54, 1.807) is 0 Å². The quantitative estimate of drug-likeness (QED) is 0.748. The van der Waals surface area contributed by atoms with Crippen LogP contribution < -0.4 is 10.2 Å². The highest BCUT2D eigenvalue weighted by atomic mass is 127. The molecule has 1 aliphatic rings. The van der Waals surface area contributed by atoms with E-state index in [1.165, 1.54) is 19.3 Å². The summed E-state index contributed by atoms with van der Waals surface area (Å²) < 4.78 is 0.945. The minimum Gasteiger partial charge on any atom is -0.346 e. The fraction of sp³-hybridized carbons (Fsp3) is 0.389. The first-order valence-corrected chi connectivity index (χ1v) is 9.33. The highest BCUT2D eigenvalue weighted by molar-refractivity contribution is 14.1. The number of nitrogens with zero attached hydrogens (tertiary/aromatic N) is 3. The number of halogens is 1. The number of carbonyl (C=O) groups excluding carboxylic acids is 1. The molecule has 24 heavy (non-hydrogen) atoms. The number of hydrogen-bond donors (Lipinski definition) is 1. The average Bonchev–Trinajstić information content (AvgIpc) is 2.60. The Bertz CT molecular complexity index is 729. The standard InChI is InChI=1S/C18H21IN4O/c1-13-11-14(22-18(21-13)23-9-5-2-6-10-23)12-20-17(24)15-7-3-4-8-16(15)19/h3-4,7-8,11H,2,5-6,9-10,12H2,1H3,(H,20,24). The van der Waals surface area contributed by atoms with Crippen molar-refractivity contribution in [2.24, 2.45) is 0 Å². The first kappa shape index (κ1) is 17.1. The first-order valence-electron chi connectivity index (χ1n) is 8.26. The number of aromatic nitrogens is 2. The zero-order chi connectivity index (χ0) is 16.9. The van der Waals surface area contributed by atoms with Crippen molar-refractivity contribution in [2.75, 3.05) is 18.0 Å². The number of anilines is 1. The molecule has 0 atom stereocenters. The minimum atomic E-state index is -0.0733. The maximum atomic E-state index is 12.3. The van der Waals surface area contributed by atoms with Crippen LogP contribution in [0.1, 0.15) is 41.0 Å². The summed E-state index contributed by atoms with van der Waals surface area (Å²) in [6.45, 7) is 4.41. The predicted molar refractivity (Wildman–Crippen MR) is 103 cm³/mol. The van der Waals surface area contributed by atoms with Crippen molar-refractivity contribution >= 4 is 34.4 Å². The Balaban J connectivity index is 1.70. The Morgan fingerprint density at radius 1 is 1.21 bits per heavy atom. The molecule has 2 heterocycles. The molecule has 1 amide bonds. The number of nitrogens with one attached hydrogen (secondary N) is 1. The van der Waals surface area contributed by atoms with E-state index in [0.717, 1.165) is 34.0 Å². The Labute approximate surface area is 156 Å². The fourth-order valence-corrected chi connectivity index (χ4v) is 3.49. The van der Waals surface area contributed by atoms with E-state index >= 15 is 0 Å². The second kappa shape index (κ2) is 7.92. The van der Waals surface area contributed by atoms with Crippen LogP contribution >= 0.6 is 22.6 Å². The summed E-state index contributed by atoms with van der Waals surface area (Å²) >= 11 is 2.18. The highest BCUT2D eigenvalue weighted by Gasteiger charge is 2.15. The van der Waals surface area contributed by atoms with E-state index in [2.05, 4.69) is 42.8 Å². The zero-order valence-corrected chi connectivity index (χ0v) is 15.9. The Hall–Kier alpha value is -1.70. The van der Waals surface area contributed by atoms with Crippen molar-refractivity contribution < 1.29 is 4.79 Å². The number of benzene rings is 1. The van der Waals surface area contributed by atoms with Crippen molar-refractivity contribution in [3.05, 3.63) is 50.9 Å². The van der Waals surface area contributed by atoms with Gasteiger partial charge in [-0.3, -0.25) is 4.79 Å². The molecule has 1 N–H and O–H groups in total. The monoisotopic (exact) mass is 436 g/mol. The predicted octanol–water partition coefficient (Wildman–Crippen LogP) is 3.31. The molecule has 1 aromatic carbocycles. The van der Waals surface area contributed by atoms with Gasteiger partial charge < -0.3 is 10.2 Å².